The first-order valence-electron chi connectivity index (χ1n) is 8.65. The van der Waals surface area contributed by atoms with Crippen molar-refractivity contribution in [3.8, 4) is 0 Å². The number of nitrogens with zero attached hydrogens (tertiary/aromatic N) is 2. The van der Waals surface area contributed by atoms with E-state index in [0.29, 0.717) is 17.4 Å². The molecule has 26 heavy (non-hydrogen) atoms. The Kier molecular flexibility index (Phi) is 6.33. The molecule has 0 radical (unpaired) electrons. The van der Waals surface area contributed by atoms with Gasteiger partial charge in [0.25, 0.3) is 0 Å². The second-order valence-corrected chi connectivity index (χ2v) is 6.94. The van der Waals surface area contributed by atoms with Gasteiger partial charge in [-0.25, -0.2) is 9.97 Å². The van der Waals surface area contributed by atoms with Gasteiger partial charge in [-0.05, 0) is 18.1 Å². The van der Waals surface area contributed by atoms with E-state index in [4.69, 9.17) is 4.42 Å². The van der Waals surface area contributed by atoms with E-state index < -0.39 is 0 Å². The summed E-state index contributed by atoms with van der Waals surface area (Å²) in [6, 6.07) is 9.64. The molecule has 0 aliphatic carbocycles. The van der Waals surface area contributed by atoms with Crippen LogP contribution in [0.5, 0.6) is 0 Å². The Bertz CT molecular complexity index is 868. The summed E-state index contributed by atoms with van der Waals surface area (Å²) in [6.07, 6.45) is 10.7. The molecule has 0 fully saturated rings. The standard InChI is InChI=1S/C20H21N3O2S/c1-2-3-9-16-13-21-19(25-16)11-10-17-14-22-20(26-17)23-18(24)12-15-7-5-4-6-8-15/h4-8,10-11,13-14H,2-3,9,12H2,1H3,(H,22,23,24)/b11-10-. The summed E-state index contributed by atoms with van der Waals surface area (Å²) in [5.74, 6) is 1.41. The molecule has 0 unspecified atom stereocenters. The third-order valence-electron chi connectivity index (χ3n) is 3.72. The lowest BCUT2D eigenvalue weighted by atomic mass is 10.1. The zero-order chi connectivity index (χ0) is 18.2. The highest BCUT2D eigenvalue weighted by Gasteiger charge is 2.07. The number of hydrogen-bond donors (Lipinski definition) is 1. The van der Waals surface area contributed by atoms with E-state index in [1.165, 1.54) is 11.3 Å². The molecule has 2 heterocycles. The minimum Gasteiger partial charge on any atom is -0.442 e. The van der Waals surface area contributed by atoms with Gasteiger partial charge in [-0.15, -0.1) is 0 Å². The number of amides is 1. The van der Waals surface area contributed by atoms with Gasteiger partial charge >= 0.3 is 0 Å². The number of nitrogens with one attached hydrogen (secondary N) is 1. The third kappa shape index (κ3) is 5.39. The van der Waals surface area contributed by atoms with Crippen molar-refractivity contribution < 1.29 is 9.21 Å². The minimum absolute atomic E-state index is 0.0747. The highest BCUT2D eigenvalue weighted by Crippen LogP contribution is 2.21. The molecule has 0 atom stereocenters. The number of unbranched alkanes of at least 4 members (excludes halogenated alkanes) is 1. The summed E-state index contributed by atoms with van der Waals surface area (Å²) < 4.78 is 5.66. The molecule has 0 bridgehead atoms. The monoisotopic (exact) mass is 367 g/mol. The number of rotatable bonds is 8. The van der Waals surface area contributed by atoms with Crippen LogP contribution in [0.4, 0.5) is 5.13 Å². The number of aromatic nitrogens is 2. The Morgan fingerprint density at radius 3 is 2.85 bits per heavy atom. The van der Waals surface area contributed by atoms with Gasteiger partial charge in [0.2, 0.25) is 11.8 Å². The Labute approximate surface area is 156 Å². The lowest BCUT2D eigenvalue weighted by Crippen LogP contribution is -2.13. The molecule has 134 valence electrons. The Hall–Kier alpha value is -2.73. The maximum atomic E-state index is 12.1. The summed E-state index contributed by atoms with van der Waals surface area (Å²) in [7, 11) is 0. The van der Waals surface area contributed by atoms with E-state index in [2.05, 4.69) is 22.2 Å². The van der Waals surface area contributed by atoms with Crippen LogP contribution in [0.25, 0.3) is 12.2 Å². The van der Waals surface area contributed by atoms with Crippen LogP contribution in [-0.2, 0) is 17.6 Å². The van der Waals surface area contributed by atoms with Crippen LogP contribution in [0.1, 0.15) is 41.9 Å². The zero-order valence-corrected chi connectivity index (χ0v) is 15.5. The molecule has 6 heteroatoms. The molecule has 3 aromatic rings. The van der Waals surface area contributed by atoms with Gasteiger partial charge in [-0.1, -0.05) is 55.0 Å². The molecule has 1 aromatic carbocycles. The average Bonchev–Trinajstić information content (AvgIpc) is 3.28. The fourth-order valence-corrected chi connectivity index (χ4v) is 3.12. The van der Waals surface area contributed by atoms with Gasteiger partial charge in [-0.3, -0.25) is 4.79 Å². The smallest absolute Gasteiger partial charge is 0.230 e. The quantitative estimate of drug-likeness (QED) is 0.619. The summed E-state index contributed by atoms with van der Waals surface area (Å²) in [5.41, 5.74) is 0.976. The molecule has 2 aromatic heterocycles. The van der Waals surface area contributed by atoms with Crippen LogP contribution in [-0.4, -0.2) is 15.9 Å². The van der Waals surface area contributed by atoms with Crippen molar-refractivity contribution in [3.05, 3.63) is 64.8 Å². The highest BCUT2D eigenvalue weighted by molar-refractivity contribution is 7.16. The minimum atomic E-state index is -0.0747. The molecule has 0 saturated heterocycles. The maximum Gasteiger partial charge on any atom is 0.230 e. The van der Waals surface area contributed by atoms with Gasteiger partial charge in [0.05, 0.1) is 12.6 Å². The molecule has 0 saturated carbocycles. The average molecular weight is 367 g/mol. The van der Waals surface area contributed by atoms with Crippen LogP contribution in [0.3, 0.4) is 0 Å². The van der Waals surface area contributed by atoms with Crippen molar-refractivity contribution in [1.29, 1.82) is 0 Å². The number of benzene rings is 1. The first-order valence-corrected chi connectivity index (χ1v) is 9.47. The van der Waals surface area contributed by atoms with Crippen LogP contribution in [0.15, 0.2) is 47.1 Å². The topological polar surface area (TPSA) is 68.0 Å². The van der Waals surface area contributed by atoms with E-state index in [1.807, 2.05) is 42.5 Å². The van der Waals surface area contributed by atoms with Gasteiger partial charge < -0.3 is 9.73 Å². The SMILES string of the molecule is CCCCc1cnc(/C=C\c2cnc(NC(=O)Cc3ccccc3)s2)o1. The van der Waals surface area contributed by atoms with E-state index in [0.717, 1.165) is 35.5 Å². The normalized spacial score (nSPS) is 11.1. The van der Waals surface area contributed by atoms with Gasteiger partial charge in [-0.2, -0.15) is 0 Å². The molecule has 0 aliphatic rings. The predicted octanol–water partition coefficient (Wildman–Crippen LogP) is 4.83. The Morgan fingerprint density at radius 2 is 2.04 bits per heavy atom. The number of aryl methyl sites for hydroxylation is 1. The second kappa shape index (κ2) is 9.10. The summed E-state index contributed by atoms with van der Waals surface area (Å²) in [6.45, 7) is 2.15. The number of carbonyl (C=O) groups is 1. The molecule has 1 N–H and O–H groups in total. The Morgan fingerprint density at radius 1 is 1.19 bits per heavy atom. The Balaban J connectivity index is 1.54. The first-order chi connectivity index (χ1) is 12.7. The van der Waals surface area contributed by atoms with Crippen molar-refractivity contribution in [2.75, 3.05) is 5.32 Å². The van der Waals surface area contributed by atoms with E-state index in [9.17, 15) is 4.79 Å². The lowest BCUT2D eigenvalue weighted by molar-refractivity contribution is -0.115. The maximum absolute atomic E-state index is 12.1. The molecule has 0 aliphatic heterocycles. The predicted molar refractivity (Wildman–Crippen MR) is 105 cm³/mol. The first kappa shape index (κ1) is 18.1. The second-order valence-electron chi connectivity index (χ2n) is 5.88. The lowest BCUT2D eigenvalue weighted by Gasteiger charge is -2.01. The van der Waals surface area contributed by atoms with Crippen LogP contribution >= 0.6 is 11.3 Å². The fourth-order valence-electron chi connectivity index (χ4n) is 2.39. The van der Waals surface area contributed by atoms with Crippen LogP contribution in [0.2, 0.25) is 0 Å². The van der Waals surface area contributed by atoms with Crippen molar-refractivity contribution in [1.82, 2.24) is 9.97 Å². The number of carbonyl (C=O) groups excluding carboxylic acids is 1. The molecule has 5 nitrogen and oxygen atoms in total. The van der Waals surface area contributed by atoms with E-state index in [-0.39, 0.29) is 5.91 Å². The van der Waals surface area contributed by atoms with Gasteiger partial charge in [0.1, 0.15) is 5.76 Å². The molecule has 0 spiro atoms. The number of hydrogen-bond acceptors (Lipinski definition) is 5. The third-order valence-corrected chi connectivity index (χ3v) is 4.59. The largest absolute Gasteiger partial charge is 0.442 e. The number of thiazole rings is 1. The molecular formula is C20H21N3O2S. The molecule has 3 rings (SSSR count). The van der Waals surface area contributed by atoms with E-state index >= 15 is 0 Å². The number of anilines is 1. The zero-order valence-electron chi connectivity index (χ0n) is 14.6. The van der Waals surface area contributed by atoms with Crippen LogP contribution < -0.4 is 5.32 Å². The van der Waals surface area contributed by atoms with Crippen LogP contribution in [0, 0.1) is 0 Å². The summed E-state index contributed by atoms with van der Waals surface area (Å²) in [5, 5.41) is 3.42. The van der Waals surface area contributed by atoms with Crippen molar-refractivity contribution in [2.24, 2.45) is 0 Å². The fraction of sp³-hybridized carbons (Fsp3) is 0.250. The van der Waals surface area contributed by atoms with E-state index in [1.54, 1.807) is 12.4 Å². The van der Waals surface area contributed by atoms with Gasteiger partial charge in [0.15, 0.2) is 5.13 Å². The van der Waals surface area contributed by atoms with Crippen molar-refractivity contribution in [2.45, 2.75) is 32.6 Å². The summed E-state index contributed by atoms with van der Waals surface area (Å²) >= 11 is 1.41. The molecule has 1 amide bonds. The molecular weight excluding hydrogens is 346 g/mol. The van der Waals surface area contributed by atoms with Crippen molar-refractivity contribution in [3.63, 3.8) is 0 Å². The number of oxazole rings is 1. The summed E-state index contributed by atoms with van der Waals surface area (Å²) in [4.78, 5) is 21.5. The van der Waals surface area contributed by atoms with Crippen molar-refractivity contribution >= 4 is 34.5 Å². The van der Waals surface area contributed by atoms with Gasteiger partial charge in [0, 0.05) is 23.6 Å². The highest BCUT2D eigenvalue weighted by atomic mass is 32.1.